The third-order valence-corrected chi connectivity index (χ3v) is 7.61. The van der Waals surface area contributed by atoms with Crippen LogP contribution in [0, 0.1) is 0 Å². The fraction of sp³-hybridized carbons (Fsp3) is 0.483. The first-order valence-electron chi connectivity index (χ1n) is 14.5. The number of aliphatic carboxylic acids is 1. The Morgan fingerprint density at radius 2 is 1.58 bits per heavy atom. The predicted octanol–water partition coefficient (Wildman–Crippen LogP) is 7.05. The zero-order valence-corrected chi connectivity index (χ0v) is 25.3. The summed E-state index contributed by atoms with van der Waals surface area (Å²) < 4.78 is 126. The summed E-state index contributed by atoms with van der Waals surface area (Å²) in [4.78, 5) is 28.0. The molecule has 1 amide bonds. The lowest BCUT2D eigenvalue weighted by Crippen LogP contribution is -2.47. The molecule has 2 heterocycles. The van der Waals surface area contributed by atoms with Gasteiger partial charge in [-0.25, -0.2) is 0 Å². The van der Waals surface area contributed by atoms with Gasteiger partial charge in [-0.05, 0) is 72.9 Å². The van der Waals surface area contributed by atoms with Crippen LogP contribution in [0.2, 0.25) is 0 Å². The number of ether oxygens (including phenoxy) is 1. The first-order valence-corrected chi connectivity index (χ1v) is 14.5. The van der Waals surface area contributed by atoms with Crippen molar-refractivity contribution in [1.82, 2.24) is 20.2 Å². The fourth-order valence-electron chi connectivity index (χ4n) is 5.57. The number of carbonyl (C=O) groups excluding carboxylic acids is 1. The quantitative estimate of drug-likeness (QED) is 0.168. The van der Waals surface area contributed by atoms with Gasteiger partial charge in [0.1, 0.15) is 5.75 Å². The zero-order chi connectivity index (χ0) is 35.6. The van der Waals surface area contributed by atoms with E-state index in [-0.39, 0.29) is 61.8 Å². The largest absolute Gasteiger partial charge is 0.573 e. The molecule has 0 saturated heterocycles. The monoisotopic (exact) mass is 696 g/mol. The Balaban J connectivity index is 1.86. The van der Waals surface area contributed by atoms with Crippen LogP contribution in [-0.2, 0) is 35.5 Å². The van der Waals surface area contributed by atoms with Crippen molar-refractivity contribution in [1.29, 1.82) is 0 Å². The number of tetrazole rings is 1. The average Bonchev–Trinajstić information content (AvgIpc) is 3.41. The number of carbonyl (C=O) groups is 2. The topological polar surface area (TPSA) is 114 Å². The van der Waals surface area contributed by atoms with Gasteiger partial charge >= 0.3 is 24.7 Å². The Kier molecular flexibility index (Phi) is 10.5. The minimum atomic E-state index is -5.15. The highest BCUT2D eigenvalue weighted by molar-refractivity contribution is 5.95. The zero-order valence-electron chi connectivity index (χ0n) is 25.3. The fourth-order valence-corrected chi connectivity index (χ4v) is 5.57. The van der Waals surface area contributed by atoms with Gasteiger partial charge in [0.05, 0.1) is 24.2 Å². The molecule has 0 bridgehead atoms. The molecule has 48 heavy (non-hydrogen) atoms. The Morgan fingerprint density at radius 1 is 0.958 bits per heavy atom. The number of rotatable bonds is 11. The van der Waals surface area contributed by atoms with E-state index in [1.54, 1.807) is 6.92 Å². The summed E-state index contributed by atoms with van der Waals surface area (Å²) in [5.74, 6) is -2.48. The number of hydrogen-bond acceptors (Lipinski definition) is 7. The van der Waals surface area contributed by atoms with Crippen molar-refractivity contribution in [3.8, 4) is 5.75 Å². The number of amides is 1. The summed E-state index contributed by atoms with van der Waals surface area (Å²) in [5, 5.41) is 20.6. The maximum absolute atomic E-state index is 13.7. The van der Waals surface area contributed by atoms with Gasteiger partial charge in [-0.2, -0.15) is 31.1 Å². The van der Waals surface area contributed by atoms with Crippen LogP contribution in [0.3, 0.4) is 0 Å². The maximum Gasteiger partial charge on any atom is 0.573 e. The number of hydrogen-bond donors (Lipinski definition) is 1. The van der Waals surface area contributed by atoms with Gasteiger partial charge in [0.15, 0.2) is 0 Å². The van der Waals surface area contributed by atoms with Crippen molar-refractivity contribution in [2.45, 2.75) is 82.8 Å². The highest BCUT2D eigenvalue weighted by atomic mass is 19.4. The van der Waals surface area contributed by atoms with Gasteiger partial charge in [-0.3, -0.25) is 9.59 Å². The van der Waals surface area contributed by atoms with E-state index in [1.807, 2.05) is 0 Å². The number of aromatic nitrogens is 4. The number of fused-ring (bicyclic) bond motifs is 1. The molecule has 19 heteroatoms. The number of aryl methyl sites for hydroxylation is 1. The molecule has 2 atom stereocenters. The van der Waals surface area contributed by atoms with Crippen molar-refractivity contribution in [3.05, 3.63) is 58.7 Å². The average molecular weight is 697 g/mol. The van der Waals surface area contributed by atoms with Crippen LogP contribution >= 0.6 is 0 Å². The van der Waals surface area contributed by atoms with Gasteiger partial charge in [-0.1, -0.05) is 12.0 Å². The number of benzene rings is 2. The lowest BCUT2D eigenvalue weighted by atomic mass is 9.87. The van der Waals surface area contributed by atoms with Crippen LogP contribution in [0.25, 0.3) is 0 Å². The van der Waals surface area contributed by atoms with Gasteiger partial charge in [-0.15, -0.1) is 18.3 Å². The van der Waals surface area contributed by atoms with E-state index in [1.165, 1.54) is 22.9 Å². The number of halogens is 9. The molecule has 262 valence electrons. The number of carboxylic acid groups (broad SMARTS) is 1. The van der Waals surface area contributed by atoms with Gasteiger partial charge in [0.2, 0.25) is 5.91 Å². The van der Waals surface area contributed by atoms with Gasteiger partial charge in [0, 0.05) is 36.7 Å². The van der Waals surface area contributed by atoms with Crippen LogP contribution in [0.1, 0.15) is 73.7 Å². The van der Waals surface area contributed by atoms with E-state index in [0.717, 1.165) is 16.9 Å². The highest BCUT2D eigenvalue weighted by Crippen LogP contribution is 2.46. The van der Waals surface area contributed by atoms with E-state index >= 15 is 0 Å². The van der Waals surface area contributed by atoms with E-state index in [0.29, 0.717) is 12.1 Å². The van der Waals surface area contributed by atoms with Gasteiger partial charge < -0.3 is 19.6 Å². The summed E-state index contributed by atoms with van der Waals surface area (Å²) in [7, 11) is 1.35. The van der Waals surface area contributed by atoms with E-state index in [9.17, 15) is 49.1 Å². The first kappa shape index (κ1) is 36.3. The number of anilines is 2. The van der Waals surface area contributed by atoms with Crippen LogP contribution in [0.15, 0.2) is 36.4 Å². The maximum atomic E-state index is 13.7. The van der Waals surface area contributed by atoms with Crippen molar-refractivity contribution >= 4 is 23.5 Å². The van der Waals surface area contributed by atoms with Crippen LogP contribution in [-0.4, -0.2) is 49.6 Å². The second-order valence-electron chi connectivity index (χ2n) is 11.1. The van der Waals surface area contributed by atoms with Crippen molar-refractivity contribution < 1.29 is 58.9 Å². The van der Waals surface area contributed by atoms with Crippen LogP contribution in [0.4, 0.5) is 51.1 Å². The minimum absolute atomic E-state index is 0.0239. The lowest BCUT2D eigenvalue weighted by Gasteiger charge is -2.44. The summed E-state index contributed by atoms with van der Waals surface area (Å²) >= 11 is 0. The molecular weight excluding hydrogens is 667 g/mol. The number of carboxylic acids is 1. The Labute approximate surface area is 267 Å². The molecule has 1 N–H and O–H groups in total. The van der Waals surface area contributed by atoms with Crippen molar-refractivity contribution in [2.75, 3.05) is 9.80 Å². The Morgan fingerprint density at radius 3 is 2.10 bits per heavy atom. The molecule has 2 aromatic carbocycles. The van der Waals surface area contributed by atoms with Crippen LogP contribution in [0.5, 0.6) is 5.75 Å². The molecule has 0 spiro atoms. The molecule has 0 aliphatic carbocycles. The molecule has 0 unspecified atom stereocenters. The summed E-state index contributed by atoms with van der Waals surface area (Å²) in [6.45, 7) is 1.04. The molecule has 4 rings (SSSR count). The smallest absolute Gasteiger partial charge is 0.481 e. The molecule has 0 radical (unpaired) electrons. The Bertz CT molecular complexity index is 1590. The SMILES string of the molecule is CC[C@@H]1C[C@H](N(Cc2cc(C(F)(F)F)cc(C(F)(F)F)c2)c2nnn(C)n2)c2cc(OC(F)(F)F)ccc2N1C(=O)CCCCC(=O)O. The molecule has 1 aromatic heterocycles. The lowest BCUT2D eigenvalue weighted by molar-refractivity contribution is -0.274. The second kappa shape index (κ2) is 13.9. The number of nitrogens with zero attached hydrogens (tertiary/aromatic N) is 6. The molecular formula is C29H29F9N6O4. The molecule has 3 aromatic rings. The summed E-state index contributed by atoms with van der Waals surface area (Å²) in [6.07, 6.45) is -15.1. The molecule has 0 fully saturated rings. The van der Waals surface area contributed by atoms with E-state index in [2.05, 4.69) is 20.1 Å². The van der Waals surface area contributed by atoms with Gasteiger partial charge in [0.25, 0.3) is 5.95 Å². The Hall–Kier alpha value is -4.58. The highest BCUT2D eigenvalue weighted by Gasteiger charge is 2.41. The summed E-state index contributed by atoms with van der Waals surface area (Å²) in [6, 6.07) is 2.42. The molecule has 1 aliphatic heterocycles. The van der Waals surface area contributed by atoms with E-state index < -0.39 is 71.7 Å². The third kappa shape index (κ3) is 8.85. The predicted molar refractivity (Wildman–Crippen MR) is 150 cm³/mol. The summed E-state index contributed by atoms with van der Waals surface area (Å²) in [5.41, 5.74) is -3.47. The number of unbranched alkanes of at least 4 members (excludes halogenated alkanes) is 1. The molecule has 10 nitrogen and oxygen atoms in total. The third-order valence-electron chi connectivity index (χ3n) is 7.61. The normalized spacial score (nSPS) is 16.9. The van der Waals surface area contributed by atoms with E-state index in [4.69, 9.17) is 5.11 Å². The molecule has 0 saturated carbocycles. The molecule has 1 aliphatic rings. The van der Waals surface area contributed by atoms with Crippen molar-refractivity contribution in [2.24, 2.45) is 7.05 Å². The van der Waals surface area contributed by atoms with Crippen molar-refractivity contribution in [3.63, 3.8) is 0 Å². The van der Waals surface area contributed by atoms with Crippen LogP contribution < -0.4 is 14.5 Å². The minimum Gasteiger partial charge on any atom is -0.481 e. The number of alkyl halides is 9. The standard InChI is InChI=1S/C29H29F9N6O4/c1-3-19-13-23(21-14-20(48-29(36,37)38)8-9-22(21)44(19)24(45)6-4-5-7-25(46)47)43(26-39-41-42(2)40-26)15-16-10-17(27(30,31)32)12-18(11-16)28(33,34)35/h8-12,14,19,23H,3-7,13,15H2,1-2H3,(H,46,47)/t19-,23+/m1/s1. The first-order chi connectivity index (χ1) is 22.3. The second-order valence-corrected chi connectivity index (χ2v) is 11.1.